The van der Waals surface area contributed by atoms with Crippen LogP contribution in [0.4, 0.5) is 4.39 Å². The van der Waals surface area contributed by atoms with E-state index in [1.165, 1.54) is 0 Å². The van der Waals surface area contributed by atoms with E-state index in [0.29, 0.717) is 18.7 Å². The van der Waals surface area contributed by atoms with Gasteiger partial charge in [-0.15, -0.1) is 0 Å². The summed E-state index contributed by atoms with van der Waals surface area (Å²) < 4.78 is 13.9. The summed E-state index contributed by atoms with van der Waals surface area (Å²) in [6.45, 7) is 5.70. The molecule has 1 aliphatic heterocycles. The van der Waals surface area contributed by atoms with Crippen LogP contribution in [0.25, 0.3) is 0 Å². The number of amides is 1. The molecule has 1 aromatic carbocycles. The molecular weight excluding hydrogens is 311 g/mol. The van der Waals surface area contributed by atoms with Crippen LogP contribution in [0.15, 0.2) is 18.2 Å². The number of rotatable bonds is 3. The second-order valence-electron chi connectivity index (χ2n) is 4.76. The average molecular weight is 329 g/mol. The highest BCUT2D eigenvalue weighted by Crippen LogP contribution is 2.15. The molecule has 0 aromatic heterocycles. The molecule has 3 nitrogen and oxygen atoms in total. The minimum absolute atomic E-state index is 0.189. The molecule has 0 spiro atoms. The Morgan fingerprint density at radius 1 is 1.32 bits per heavy atom. The van der Waals surface area contributed by atoms with Crippen molar-refractivity contribution >= 4 is 21.8 Å². The van der Waals surface area contributed by atoms with Gasteiger partial charge in [-0.05, 0) is 18.6 Å². The standard InChI is InChI=1S/C14H18BrFN2O/c1-11-3-2-4-12(13(11)16)14(19)18-9-7-17(6-5-15)8-10-18/h2-4H,5-10H2,1H3. The van der Waals surface area contributed by atoms with E-state index in [4.69, 9.17) is 0 Å². The molecule has 1 saturated heterocycles. The third-order valence-corrected chi connectivity index (χ3v) is 3.84. The SMILES string of the molecule is Cc1cccc(C(=O)N2CCN(CCBr)CC2)c1F. The predicted molar refractivity (Wildman–Crippen MR) is 77.3 cm³/mol. The van der Waals surface area contributed by atoms with Gasteiger partial charge in [-0.1, -0.05) is 28.1 Å². The lowest BCUT2D eigenvalue weighted by molar-refractivity contribution is 0.0640. The first-order chi connectivity index (χ1) is 9.13. The van der Waals surface area contributed by atoms with Gasteiger partial charge in [0, 0.05) is 38.1 Å². The summed E-state index contributed by atoms with van der Waals surface area (Å²) in [5.74, 6) is -0.588. The number of halogens is 2. The molecule has 0 radical (unpaired) electrons. The number of carbonyl (C=O) groups is 1. The zero-order valence-electron chi connectivity index (χ0n) is 11.0. The summed E-state index contributed by atoms with van der Waals surface area (Å²) in [5.41, 5.74) is 0.706. The lowest BCUT2D eigenvalue weighted by Gasteiger charge is -2.34. The van der Waals surface area contributed by atoms with Crippen molar-refractivity contribution in [3.8, 4) is 0 Å². The van der Waals surface area contributed by atoms with Gasteiger partial charge in [0.1, 0.15) is 5.82 Å². The fraction of sp³-hybridized carbons (Fsp3) is 0.500. The van der Waals surface area contributed by atoms with Crippen LogP contribution in [0.2, 0.25) is 0 Å². The van der Waals surface area contributed by atoms with Crippen LogP contribution in [-0.4, -0.2) is 53.8 Å². The third-order valence-electron chi connectivity index (χ3n) is 3.48. The Hall–Kier alpha value is -0.940. The van der Waals surface area contributed by atoms with E-state index in [-0.39, 0.29) is 11.5 Å². The Bertz CT molecular complexity index is 459. The Kier molecular flexibility index (Phi) is 4.93. The summed E-state index contributed by atoms with van der Waals surface area (Å²) >= 11 is 3.41. The molecule has 1 amide bonds. The second-order valence-corrected chi connectivity index (χ2v) is 5.55. The van der Waals surface area contributed by atoms with Gasteiger partial charge in [0.15, 0.2) is 0 Å². The molecule has 104 valence electrons. The Labute approximate surface area is 121 Å². The molecule has 1 aliphatic rings. The molecule has 2 rings (SSSR count). The molecule has 0 N–H and O–H groups in total. The number of hydrogen-bond acceptors (Lipinski definition) is 2. The van der Waals surface area contributed by atoms with E-state index in [0.717, 1.165) is 25.0 Å². The first-order valence-electron chi connectivity index (χ1n) is 6.46. The number of hydrogen-bond donors (Lipinski definition) is 0. The molecule has 1 aromatic rings. The fourth-order valence-corrected chi connectivity index (χ4v) is 2.78. The minimum atomic E-state index is -0.393. The number of aryl methyl sites for hydroxylation is 1. The number of piperazine rings is 1. The van der Waals surface area contributed by atoms with E-state index in [2.05, 4.69) is 20.8 Å². The predicted octanol–water partition coefficient (Wildman–Crippen LogP) is 2.29. The zero-order valence-corrected chi connectivity index (χ0v) is 12.6. The van der Waals surface area contributed by atoms with Crippen molar-refractivity contribution in [1.29, 1.82) is 0 Å². The highest BCUT2D eigenvalue weighted by Gasteiger charge is 2.24. The van der Waals surface area contributed by atoms with Crippen LogP contribution < -0.4 is 0 Å². The van der Waals surface area contributed by atoms with Crippen LogP contribution in [0.1, 0.15) is 15.9 Å². The summed E-state index contributed by atoms with van der Waals surface area (Å²) in [7, 11) is 0. The van der Waals surface area contributed by atoms with Gasteiger partial charge < -0.3 is 4.90 Å². The smallest absolute Gasteiger partial charge is 0.256 e. The molecule has 0 aliphatic carbocycles. The average Bonchev–Trinajstić information content (AvgIpc) is 2.42. The van der Waals surface area contributed by atoms with Crippen molar-refractivity contribution in [2.24, 2.45) is 0 Å². The van der Waals surface area contributed by atoms with E-state index >= 15 is 0 Å². The minimum Gasteiger partial charge on any atom is -0.336 e. The van der Waals surface area contributed by atoms with Crippen LogP contribution in [-0.2, 0) is 0 Å². The van der Waals surface area contributed by atoms with Gasteiger partial charge in [-0.2, -0.15) is 0 Å². The van der Waals surface area contributed by atoms with Gasteiger partial charge in [0.25, 0.3) is 5.91 Å². The maximum Gasteiger partial charge on any atom is 0.256 e. The van der Waals surface area contributed by atoms with Crippen LogP contribution in [0.5, 0.6) is 0 Å². The van der Waals surface area contributed by atoms with Crippen LogP contribution >= 0.6 is 15.9 Å². The van der Waals surface area contributed by atoms with Gasteiger partial charge in [-0.25, -0.2) is 4.39 Å². The highest BCUT2D eigenvalue weighted by molar-refractivity contribution is 9.09. The van der Waals surface area contributed by atoms with Gasteiger partial charge >= 0.3 is 0 Å². The monoisotopic (exact) mass is 328 g/mol. The number of benzene rings is 1. The molecule has 19 heavy (non-hydrogen) atoms. The largest absolute Gasteiger partial charge is 0.336 e. The lowest BCUT2D eigenvalue weighted by Crippen LogP contribution is -2.49. The maximum absolute atomic E-state index is 13.9. The van der Waals surface area contributed by atoms with E-state index < -0.39 is 5.82 Å². The van der Waals surface area contributed by atoms with Crippen molar-refractivity contribution in [3.63, 3.8) is 0 Å². The summed E-state index contributed by atoms with van der Waals surface area (Å²) in [4.78, 5) is 16.3. The fourth-order valence-electron chi connectivity index (χ4n) is 2.28. The third kappa shape index (κ3) is 3.34. The van der Waals surface area contributed by atoms with Crippen molar-refractivity contribution in [2.75, 3.05) is 38.1 Å². The highest BCUT2D eigenvalue weighted by atomic mass is 79.9. The quantitative estimate of drug-likeness (QED) is 0.795. The topological polar surface area (TPSA) is 23.6 Å². The molecule has 0 saturated carbocycles. The Morgan fingerprint density at radius 2 is 2.00 bits per heavy atom. The van der Waals surface area contributed by atoms with Crippen LogP contribution in [0.3, 0.4) is 0 Å². The van der Waals surface area contributed by atoms with Gasteiger partial charge in [-0.3, -0.25) is 9.69 Å². The number of alkyl halides is 1. The van der Waals surface area contributed by atoms with Gasteiger partial charge in [0.05, 0.1) is 5.56 Å². The zero-order chi connectivity index (χ0) is 13.8. The number of carbonyl (C=O) groups excluding carboxylic acids is 1. The van der Waals surface area contributed by atoms with Crippen molar-refractivity contribution in [2.45, 2.75) is 6.92 Å². The van der Waals surface area contributed by atoms with Crippen molar-refractivity contribution in [1.82, 2.24) is 9.80 Å². The first-order valence-corrected chi connectivity index (χ1v) is 7.58. The van der Waals surface area contributed by atoms with Crippen LogP contribution in [0, 0.1) is 12.7 Å². The maximum atomic E-state index is 13.9. The first kappa shape index (κ1) is 14.5. The van der Waals surface area contributed by atoms with E-state index in [9.17, 15) is 9.18 Å². The molecule has 1 fully saturated rings. The Morgan fingerprint density at radius 3 is 2.63 bits per heavy atom. The van der Waals surface area contributed by atoms with Gasteiger partial charge in [0.2, 0.25) is 0 Å². The normalized spacial score (nSPS) is 16.7. The lowest BCUT2D eigenvalue weighted by atomic mass is 10.1. The van der Waals surface area contributed by atoms with E-state index in [1.54, 1.807) is 30.0 Å². The second kappa shape index (κ2) is 6.48. The molecular formula is C14H18BrFN2O. The molecule has 0 atom stereocenters. The summed E-state index contributed by atoms with van der Waals surface area (Å²) in [6.07, 6.45) is 0. The molecule has 0 bridgehead atoms. The van der Waals surface area contributed by atoms with Crippen molar-refractivity contribution in [3.05, 3.63) is 35.1 Å². The van der Waals surface area contributed by atoms with E-state index in [1.807, 2.05) is 0 Å². The summed E-state index contributed by atoms with van der Waals surface area (Å²) in [6, 6.07) is 4.97. The molecule has 1 heterocycles. The Balaban J connectivity index is 2.03. The van der Waals surface area contributed by atoms with Crippen molar-refractivity contribution < 1.29 is 9.18 Å². The molecule has 5 heteroatoms. The molecule has 0 unspecified atom stereocenters. The summed E-state index contributed by atoms with van der Waals surface area (Å²) in [5, 5.41) is 0.938. The number of nitrogens with zero attached hydrogens (tertiary/aromatic N) is 2.